The Bertz CT molecular complexity index is 115. The molecule has 14 heavy (non-hydrogen) atoms. The summed E-state index contributed by atoms with van der Waals surface area (Å²) in [7, 11) is 0. The van der Waals surface area contributed by atoms with Gasteiger partial charge >= 0.3 is 12.4 Å². The maximum atomic E-state index is 11.1. The molecular formula is C6H8BrF6I. The van der Waals surface area contributed by atoms with Crippen LogP contribution in [-0.4, -0.2) is 22.1 Å². The summed E-state index contributed by atoms with van der Waals surface area (Å²) in [5.74, 6) is 0. The minimum absolute atomic E-state index is 0.00347. The van der Waals surface area contributed by atoms with Gasteiger partial charge in [-0.25, -0.2) is 0 Å². The van der Waals surface area contributed by atoms with Gasteiger partial charge in [0.15, 0.2) is 0 Å². The molecule has 0 aliphatic rings. The number of hydrogen-bond acceptors (Lipinski definition) is 0. The molecule has 0 heterocycles. The zero-order chi connectivity index (χ0) is 11.8. The van der Waals surface area contributed by atoms with Gasteiger partial charge in [0.25, 0.3) is 0 Å². The van der Waals surface area contributed by atoms with Crippen LogP contribution in [0.2, 0.25) is 0 Å². The topological polar surface area (TPSA) is 0 Å². The molecule has 0 amide bonds. The summed E-state index contributed by atoms with van der Waals surface area (Å²) in [4.78, 5) is 0. The second kappa shape index (κ2) is 8.00. The largest absolute Gasteiger partial charge is 0.389 e. The van der Waals surface area contributed by atoms with Crippen LogP contribution in [0, 0.1) is 0 Å². The van der Waals surface area contributed by atoms with E-state index in [9.17, 15) is 26.3 Å². The van der Waals surface area contributed by atoms with Crippen LogP contribution < -0.4 is 0 Å². The average molecular weight is 401 g/mol. The van der Waals surface area contributed by atoms with E-state index in [4.69, 9.17) is 0 Å². The summed E-state index contributed by atoms with van der Waals surface area (Å²) in [5, 5.41) is -0.00347. The van der Waals surface area contributed by atoms with E-state index in [1.165, 1.54) is 0 Å². The van der Waals surface area contributed by atoms with Crippen LogP contribution in [0.25, 0.3) is 0 Å². The van der Waals surface area contributed by atoms with Crippen molar-refractivity contribution in [2.75, 3.05) is 9.76 Å². The molecular weight excluding hydrogens is 393 g/mol. The Kier molecular flexibility index (Phi) is 9.83. The predicted molar refractivity (Wildman–Crippen MR) is 54.0 cm³/mol. The standard InChI is InChI=1S/C3H4BrF3.C3H4F3I/c4-2-1-3(5,6)7;4-3(5,6)1-2-7/h2*1-2H2. The van der Waals surface area contributed by atoms with E-state index in [-0.39, 0.29) is 9.76 Å². The van der Waals surface area contributed by atoms with Crippen LogP contribution in [0.1, 0.15) is 12.8 Å². The third-order valence-electron chi connectivity index (χ3n) is 0.756. The first-order valence-corrected chi connectivity index (χ1v) is 6.02. The Morgan fingerprint density at radius 3 is 1.21 bits per heavy atom. The molecule has 0 spiro atoms. The van der Waals surface area contributed by atoms with Gasteiger partial charge in [0, 0.05) is 9.76 Å². The van der Waals surface area contributed by atoms with Crippen LogP contribution in [0.3, 0.4) is 0 Å². The number of halogens is 8. The molecule has 0 aliphatic carbocycles. The molecule has 0 saturated carbocycles. The number of hydrogen-bond donors (Lipinski definition) is 0. The first-order chi connectivity index (χ1) is 6.12. The van der Waals surface area contributed by atoms with Crippen LogP contribution in [0.15, 0.2) is 0 Å². The van der Waals surface area contributed by atoms with Crippen molar-refractivity contribution in [2.45, 2.75) is 25.2 Å². The third kappa shape index (κ3) is 23.0. The molecule has 0 bridgehead atoms. The van der Waals surface area contributed by atoms with Crippen LogP contribution in [0.4, 0.5) is 26.3 Å². The van der Waals surface area contributed by atoms with Crippen LogP contribution in [0.5, 0.6) is 0 Å². The summed E-state index contributed by atoms with van der Waals surface area (Å²) in [6.45, 7) is 0. The molecule has 0 aromatic rings. The van der Waals surface area contributed by atoms with Crippen molar-refractivity contribution in [3.63, 3.8) is 0 Å². The van der Waals surface area contributed by atoms with Crippen molar-refractivity contribution in [2.24, 2.45) is 0 Å². The molecule has 0 saturated heterocycles. The van der Waals surface area contributed by atoms with Gasteiger partial charge in [0.1, 0.15) is 0 Å². The van der Waals surface area contributed by atoms with Gasteiger partial charge in [-0.1, -0.05) is 38.5 Å². The Labute approximate surface area is 99.7 Å². The zero-order valence-corrected chi connectivity index (χ0v) is 10.6. The van der Waals surface area contributed by atoms with Gasteiger partial charge in [0.05, 0.1) is 12.8 Å². The monoisotopic (exact) mass is 400 g/mol. The Balaban J connectivity index is 0. The minimum atomic E-state index is -4.00. The van der Waals surface area contributed by atoms with E-state index >= 15 is 0 Å². The molecule has 0 fully saturated rings. The van der Waals surface area contributed by atoms with E-state index in [2.05, 4.69) is 15.9 Å². The lowest BCUT2D eigenvalue weighted by molar-refractivity contribution is -0.130. The van der Waals surface area contributed by atoms with Crippen LogP contribution >= 0.6 is 38.5 Å². The van der Waals surface area contributed by atoms with E-state index in [1.807, 2.05) is 0 Å². The van der Waals surface area contributed by atoms with Gasteiger partial charge in [0.2, 0.25) is 0 Å². The van der Waals surface area contributed by atoms with Crippen molar-refractivity contribution in [3.05, 3.63) is 0 Å². The van der Waals surface area contributed by atoms with Gasteiger partial charge in [-0.05, 0) is 0 Å². The molecule has 0 aromatic carbocycles. The highest BCUT2D eigenvalue weighted by Crippen LogP contribution is 2.20. The quantitative estimate of drug-likeness (QED) is 0.358. The molecule has 0 unspecified atom stereocenters. The van der Waals surface area contributed by atoms with Crippen LogP contribution in [-0.2, 0) is 0 Å². The van der Waals surface area contributed by atoms with E-state index in [0.717, 1.165) is 0 Å². The summed E-state index contributed by atoms with van der Waals surface area (Å²) in [6.07, 6.45) is -9.37. The third-order valence-corrected chi connectivity index (χ3v) is 1.69. The second-order valence-electron chi connectivity index (χ2n) is 2.11. The Morgan fingerprint density at radius 1 is 0.857 bits per heavy atom. The molecule has 0 atom stereocenters. The maximum absolute atomic E-state index is 11.1. The summed E-state index contributed by atoms with van der Waals surface area (Å²) < 4.78 is 66.4. The van der Waals surface area contributed by atoms with E-state index < -0.39 is 25.2 Å². The molecule has 8 heteroatoms. The van der Waals surface area contributed by atoms with Crippen molar-refractivity contribution < 1.29 is 26.3 Å². The fourth-order valence-corrected chi connectivity index (χ4v) is 1.28. The maximum Gasteiger partial charge on any atom is 0.389 e. The van der Waals surface area contributed by atoms with Crippen molar-refractivity contribution in [1.82, 2.24) is 0 Å². The second-order valence-corrected chi connectivity index (χ2v) is 3.98. The fraction of sp³-hybridized carbons (Fsp3) is 1.00. The highest BCUT2D eigenvalue weighted by molar-refractivity contribution is 14.1. The van der Waals surface area contributed by atoms with Gasteiger partial charge < -0.3 is 0 Å². The molecule has 88 valence electrons. The summed E-state index contributed by atoms with van der Waals surface area (Å²) in [6, 6.07) is 0. The normalized spacial score (nSPS) is 12.0. The number of rotatable bonds is 2. The summed E-state index contributed by atoms with van der Waals surface area (Å²) in [5.41, 5.74) is 0. The first-order valence-electron chi connectivity index (χ1n) is 3.38. The Hall–Kier alpha value is 0.790. The zero-order valence-electron chi connectivity index (χ0n) is 6.85. The fourth-order valence-electron chi connectivity index (χ4n) is 0.214. The summed E-state index contributed by atoms with van der Waals surface area (Å²) >= 11 is 4.36. The van der Waals surface area contributed by atoms with Gasteiger partial charge in [-0.2, -0.15) is 26.3 Å². The lowest BCUT2D eigenvalue weighted by Crippen LogP contribution is -2.06. The number of alkyl halides is 8. The molecule has 0 radical (unpaired) electrons. The van der Waals surface area contributed by atoms with Gasteiger partial charge in [-0.15, -0.1) is 0 Å². The minimum Gasteiger partial charge on any atom is -0.171 e. The van der Waals surface area contributed by atoms with Crippen molar-refractivity contribution in [1.29, 1.82) is 0 Å². The molecule has 0 nitrogen and oxygen atoms in total. The highest BCUT2D eigenvalue weighted by atomic mass is 127. The Morgan fingerprint density at radius 2 is 1.21 bits per heavy atom. The smallest absolute Gasteiger partial charge is 0.171 e. The SMILES string of the molecule is FC(F)(F)CCBr.FC(F)(F)CCI. The van der Waals surface area contributed by atoms with Gasteiger partial charge in [-0.3, -0.25) is 0 Å². The molecule has 0 aromatic heterocycles. The van der Waals surface area contributed by atoms with Crippen molar-refractivity contribution in [3.8, 4) is 0 Å². The lowest BCUT2D eigenvalue weighted by atomic mass is 10.5. The predicted octanol–water partition coefficient (Wildman–Crippen LogP) is 4.71. The highest BCUT2D eigenvalue weighted by Gasteiger charge is 2.25. The first kappa shape index (κ1) is 17.2. The van der Waals surface area contributed by atoms with E-state index in [1.54, 1.807) is 22.6 Å². The molecule has 0 rings (SSSR count). The van der Waals surface area contributed by atoms with E-state index in [0.29, 0.717) is 0 Å². The lowest BCUT2D eigenvalue weighted by Gasteiger charge is -1.99. The molecule has 0 N–H and O–H groups in total. The van der Waals surface area contributed by atoms with Crippen molar-refractivity contribution >= 4 is 38.5 Å². The molecule has 0 aliphatic heterocycles. The average Bonchev–Trinajstić information content (AvgIpc) is 1.81.